The number of nitrogens with zero attached hydrogens (tertiary/aromatic N) is 2. The first-order chi connectivity index (χ1) is 22.3. The van der Waals surface area contributed by atoms with E-state index in [4.69, 9.17) is 9.31 Å². The molecule has 7 rings (SSSR count). The summed E-state index contributed by atoms with van der Waals surface area (Å²) in [7, 11) is -0.355. The Morgan fingerprint density at radius 1 is 0.612 bits per heavy atom. The second-order valence-electron chi connectivity index (χ2n) is 15.1. The van der Waals surface area contributed by atoms with Gasteiger partial charge in [0.1, 0.15) is 0 Å². The molecule has 1 aliphatic heterocycles. The average molecular weight is 829 g/mol. The van der Waals surface area contributed by atoms with Crippen molar-refractivity contribution in [3.63, 3.8) is 0 Å². The van der Waals surface area contributed by atoms with Gasteiger partial charge in [-0.25, -0.2) is 0 Å². The van der Waals surface area contributed by atoms with Gasteiger partial charge in [-0.1, -0.05) is 90.1 Å². The van der Waals surface area contributed by atoms with Crippen molar-refractivity contribution in [3.05, 3.63) is 127 Å². The van der Waals surface area contributed by atoms with Gasteiger partial charge in [0, 0.05) is 32.5 Å². The number of hydrogen-bond acceptors (Lipinski definition) is 4. The van der Waals surface area contributed by atoms with Crippen LogP contribution in [-0.2, 0) is 40.2 Å². The summed E-state index contributed by atoms with van der Waals surface area (Å²) in [5, 5.41) is 0. The largest absolute Gasteiger partial charge is 0.475 e. The molecule has 1 fully saturated rings. The van der Waals surface area contributed by atoms with Gasteiger partial charge in [0.15, 0.2) is 0 Å². The first kappa shape index (κ1) is 38.4. The fraction of sp³-hybridized carbons (Fsp3) is 0.349. The van der Waals surface area contributed by atoms with Crippen LogP contribution in [0, 0.1) is 12.1 Å². The summed E-state index contributed by atoms with van der Waals surface area (Å²) in [6.07, 6.45) is 6.13. The quantitative estimate of drug-likeness (QED) is 0.134. The van der Waals surface area contributed by atoms with Gasteiger partial charge in [0.2, 0.25) is 0 Å². The zero-order valence-corrected chi connectivity index (χ0v) is 31.7. The second kappa shape index (κ2) is 14.8. The second-order valence-corrected chi connectivity index (χ2v) is 15.1. The molecule has 0 bridgehead atoms. The van der Waals surface area contributed by atoms with Crippen LogP contribution in [0.2, 0.25) is 0 Å². The minimum absolute atomic E-state index is 0. The van der Waals surface area contributed by atoms with E-state index >= 15 is 0 Å². The Labute approximate surface area is 308 Å². The normalized spacial score (nSPS) is 17.8. The monoisotopic (exact) mass is 829 g/mol. The van der Waals surface area contributed by atoms with Crippen LogP contribution in [0.15, 0.2) is 103 Å². The number of fused-ring (bicyclic) bond motifs is 1. The van der Waals surface area contributed by atoms with E-state index in [1.165, 1.54) is 35.1 Å². The Balaban J connectivity index is 0.000000217. The van der Waals surface area contributed by atoms with Crippen LogP contribution in [-0.4, -0.2) is 28.3 Å². The summed E-state index contributed by atoms with van der Waals surface area (Å²) in [5.74, 6) is 0. The molecule has 1 saturated heterocycles. The maximum atomic E-state index is 6.08. The van der Waals surface area contributed by atoms with Crippen LogP contribution in [0.25, 0.3) is 33.6 Å². The fourth-order valence-corrected chi connectivity index (χ4v) is 6.32. The Morgan fingerprint density at radius 3 is 1.88 bits per heavy atom. The molecule has 2 aliphatic rings. The van der Waals surface area contributed by atoms with Gasteiger partial charge in [0.05, 0.1) is 11.2 Å². The standard InChI is InChI=1S/C25H26N.C17H19BNO2.CH4.Ir/c1-24(2)13-14-25(3,4)22-16-20(10-11-21(22)24)23-17-19(12-15-26-23)18-8-6-5-7-9-18;1-16(2)17(3,4)21-18(20-16)14-9-7-8-13(12-14)15-10-5-6-11-19-15;;/h5-9,11-12,15-17H,13-14H2,1-4H3;5-7,9-12H,1-4H3;1H4;/q2*-1;;. The number of pyridine rings is 2. The van der Waals surface area contributed by atoms with Crippen LogP contribution in [0.3, 0.4) is 0 Å². The number of hydrogen-bond donors (Lipinski definition) is 0. The van der Waals surface area contributed by atoms with Gasteiger partial charge in [0.25, 0.3) is 0 Å². The molecule has 0 spiro atoms. The molecular weight excluding hydrogens is 780 g/mol. The zero-order valence-electron chi connectivity index (χ0n) is 29.4. The molecule has 257 valence electrons. The third-order valence-electron chi connectivity index (χ3n) is 10.2. The third kappa shape index (κ3) is 8.16. The van der Waals surface area contributed by atoms with Crippen LogP contribution >= 0.6 is 0 Å². The van der Waals surface area contributed by atoms with E-state index in [0.717, 1.165) is 28.0 Å². The molecule has 1 aliphatic carbocycles. The SMILES string of the molecule is C.CC1(C)CCC(C)(C)c2cc(-c3cc(-c4ccccc4)ccn3)[c-]cc21.CC1(C)OB(c2cc[c-]c(-c3ccccn3)c2)OC1(C)C.[Ir]. The van der Waals surface area contributed by atoms with Gasteiger partial charge in [-0.2, -0.15) is 0 Å². The molecule has 3 aromatic carbocycles. The number of benzene rings is 3. The molecule has 0 atom stereocenters. The van der Waals surface area contributed by atoms with Gasteiger partial charge >= 0.3 is 7.12 Å². The van der Waals surface area contributed by atoms with E-state index in [2.05, 4.69) is 126 Å². The summed E-state index contributed by atoms with van der Waals surface area (Å²) in [4.78, 5) is 9.00. The van der Waals surface area contributed by atoms with E-state index < -0.39 is 0 Å². The zero-order chi connectivity index (χ0) is 33.5. The average Bonchev–Trinajstić information content (AvgIpc) is 3.30. The molecule has 5 aromatic rings. The van der Waals surface area contributed by atoms with Gasteiger partial charge in [-0.05, 0) is 79.6 Å². The van der Waals surface area contributed by atoms with Crippen LogP contribution in [0.4, 0.5) is 0 Å². The molecule has 0 saturated carbocycles. The van der Waals surface area contributed by atoms with Crippen LogP contribution < -0.4 is 5.46 Å². The Morgan fingerprint density at radius 2 is 1.22 bits per heavy atom. The van der Waals surface area contributed by atoms with Gasteiger partial charge in [-0.3, -0.25) is 0 Å². The predicted molar refractivity (Wildman–Crippen MR) is 200 cm³/mol. The first-order valence-electron chi connectivity index (χ1n) is 16.6. The predicted octanol–water partition coefficient (Wildman–Crippen LogP) is 10.0. The molecule has 6 heteroatoms. The topological polar surface area (TPSA) is 44.2 Å². The fourth-order valence-electron chi connectivity index (χ4n) is 6.32. The summed E-state index contributed by atoms with van der Waals surface area (Å²) < 4.78 is 12.2. The Hall–Kier alpha value is -3.41. The minimum atomic E-state index is -0.355. The first-order valence-corrected chi connectivity index (χ1v) is 16.6. The summed E-state index contributed by atoms with van der Waals surface area (Å²) in [5.41, 5.74) is 9.99. The van der Waals surface area contributed by atoms with Crippen molar-refractivity contribution in [2.24, 2.45) is 0 Å². The van der Waals surface area contributed by atoms with Crippen molar-refractivity contribution in [2.75, 3.05) is 0 Å². The van der Waals surface area contributed by atoms with Crippen molar-refractivity contribution in [2.45, 2.75) is 97.7 Å². The van der Waals surface area contributed by atoms with E-state index in [1.54, 1.807) is 6.20 Å². The Bertz CT molecular complexity index is 1840. The Kier molecular flexibility index (Phi) is 11.6. The van der Waals surface area contributed by atoms with Crippen molar-refractivity contribution < 1.29 is 29.4 Å². The third-order valence-corrected chi connectivity index (χ3v) is 10.2. The summed E-state index contributed by atoms with van der Waals surface area (Å²) >= 11 is 0. The molecular formula is C43H49BIrN2O2-2. The van der Waals surface area contributed by atoms with Crippen molar-refractivity contribution in [3.8, 4) is 33.6 Å². The number of rotatable bonds is 4. The smallest absolute Gasteiger partial charge is 0.400 e. The molecule has 0 N–H and O–H groups in total. The maximum Gasteiger partial charge on any atom is 0.475 e. The van der Waals surface area contributed by atoms with Crippen LogP contribution in [0.1, 0.15) is 86.8 Å². The molecule has 4 nitrogen and oxygen atoms in total. The van der Waals surface area contributed by atoms with Crippen LogP contribution in [0.5, 0.6) is 0 Å². The molecule has 2 aromatic heterocycles. The van der Waals surface area contributed by atoms with Crippen molar-refractivity contribution in [1.82, 2.24) is 9.97 Å². The molecule has 0 amide bonds. The molecule has 49 heavy (non-hydrogen) atoms. The van der Waals surface area contributed by atoms with Crippen molar-refractivity contribution in [1.29, 1.82) is 0 Å². The summed E-state index contributed by atoms with van der Waals surface area (Å²) in [6, 6.07) is 37.8. The van der Waals surface area contributed by atoms with Crippen molar-refractivity contribution >= 4 is 12.6 Å². The maximum absolute atomic E-state index is 6.08. The molecule has 1 radical (unpaired) electrons. The van der Waals surface area contributed by atoms with E-state index in [-0.39, 0.29) is 56.7 Å². The molecule has 3 heterocycles. The van der Waals surface area contributed by atoms with Gasteiger partial charge < -0.3 is 19.3 Å². The number of aromatic nitrogens is 2. The van der Waals surface area contributed by atoms with E-state index in [0.29, 0.717) is 0 Å². The van der Waals surface area contributed by atoms with Gasteiger partial charge in [-0.15, -0.1) is 70.2 Å². The van der Waals surface area contributed by atoms with E-state index in [1.807, 2.05) is 48.7 Å². The minimum Gasteiger partial charge on any atom is -0.400 e. The van der Waals surface area contributed by atoms with E-state index in [9.17, 15) is 0 Å². The molecule has 0 unspecified atom stereocenters. The summed E-state index contributed by atoms with van der Waals surface area (Å²) in [6.45, 7) is 17.6.